The highest BCUT2D eigenvalue weighted by molar-refractivity contribution is 7.99. The number of halogens is 4. The lowest BCUT2D eigenvalue weighted by Crippen LogP contribution is -1.96. The molecule has 0 aromatic heterocycles. The summed E-state index contributed by atoms with van der Waals surface area (Å²) in [5.74, 6) is -3.24. The molecular formula is C15H9ClF3NO2S. The first-order chi connectivity index (χ1) is 10.9. The van der Waals surface area contributed by atoms with Gasteiger partial charge in [0.1, 0.15) is 17.3 Å². The van der Waals surface area contributed by atoms with Crippen LogP contribution >= 0.6 is 23.4 Å². The average molecular weight is 360 g/mol. The Kier molecular flexibility index (Phi) is 5.77. The van der Waals surface area contributed by atoms with Crippen LogP contribution in [0.4, 0.5) is 13.2 Å². The third-order valence-electron chi connectivity index (χ3n) is 2.77. The van der Waals surface area contributed by atoms with E-state index < -0.39 is 18.2 Å². The molecule has 23 heavy (non-hydrogen) atoms. The summed E-state index contributed by atoms with van der Waals surface area (Å²) in [4.78, 5) is 0.122. The minimum Gasteiger partial charge on any atom is -0.456 e. The number of aliphatic hydroxyl groups is 1. The summed E-state index contributed by atoms with van der Waals surface area (Å²) < 4.78 is 43.7. The molecule has 0 fully saturated rings. The predicted octanol–water partition coefficient (Wildman–Crippen LogP) is 4.95. The van der Waals surface area contributed by atoms with Crippen molar-refractivity contribution in [3.8, 4) is 17.6 Å². The van der Waals surface area contributed by atoms with Crippen molar-refractivity contribution >= 4 is 23.4 Å². The van der Waals surface area contributed by atoms with Gasteiger partial charge in [0.15, 0.2) is 0 Å². The average Bonchev–Trinajstić information content (AvgIpc) is 2.49. The molecular weight excluding hydrogens is 351 g/mol. The van der Waals surface area contributed by atoms with Crippen LogP contribution in [0.3, 0.4) is 0 Å². The Morgan fingerprint density at radius 2 is 2.04 bits per heavy atom. The zero-order chi connectivity index (χ0) is 17.0. The second-order valence-electron chi connectivity index (χ2n) is 4.28. The first-order valence-corrected chi connectivity index (χ1v) is 7.46. The Morgan fingerprint density at radius 3 is 2.65 bits per heavy atom. The molecule has 0 unspecified atom stereocenters. The van der Waals surface area contributed by atoms with Gasteiger partial charge in [0.2, 0.25) is 0 Å². The molecule has 0 aliphatic rings. The zero-order valence-corrected chi connectivity index (χ0v) is 13.0. The Labute approximate surface area is 139 Å². The fourth-order valence-corrected chi connectivity index (χ4v) is 2.79. The molecule has 2 aromatic carbocycles. The van der Waals surface area contributed by atoms with E-state index in [1.807, 2.05) is 0 Å². The van der Waals surface area contributed by atoms with E-state index in [2.05, 4.69) is 0 Å². The molecule has 0 heterocycles. The maximum absolute atomic E-state index is 13.4. The fraction of sp³-hybridized carbons (Fsp3) is 0.133. The number of hydrogen-bond acceptors (Lipinski definition) is 4. The number of aliphatic hydroxyl groups excluding tert-OH is 1. The van der Waals surface area contributed by atoms with E-state index in [-0.39, 0.29) is 44.3 Å². The van der Waals surface area contributed by atoms with E-state index >= 15 is 0 Å². The van der Waals surface area contributed by atoms with Crippen molar-refractivity contribution in [2.75, 3.05) is 0 Å². The van der Waals surface area contributed by atoms with E-state index in [4.69, 9.17) is 21.6 Å². The molecule has 0 saturated heterocycles. The predicted molar refractivity (Wildman–Crippen MR) is 80.4 cm³/mol. The Hall–Kier alpha value is -1.88. The number of hydrogen-bond donors (Lipinski definition) is 1. The number of nitriles is 1. The quantitative estimate of drug-likeness (QED) is 0.767. The lowest BCUT2D eigenvalue weighted by Gasteiger charge is -2.13. The first kappa shape index (κ1) is 17.5. The van der Waals surface area contributed by atoms with E-state index in [1.54, 1.807) is 6.07 Å². The van der Waals surface area contributed by atoms with Gasteiger partial charge in [0, 0.05) is 16.5 Å². The number of alkyl halides is 2. The second kappa shape index (κ2) is 7.59. The molecule has 0 bridgehead atoms. The number of benzene rings is 2. The molecule has 1 N–H and O–H groups in total. The van der Waals surface area contributed by atoms with E-state index in [9.17, 15) is 18.3 Å². The number of rotatable bonds is 5. The van der Waals surface area contributed by atoms with Gasteiger partial charge in [0.25, 0.3) is 5.76 Å². The van der Waals surface area contributed by atoms with E-state index in [1.165, 1.54) is 18.2 Å². The molecule has 0 aliphatic carbocycles. The molecule has 3 nitrogen and oxygen atoms in total. The van der Waals surface area contributed by atoms with Crippen molar-refractivity contribution in [2.45, 2.75) is 17.3 Å². The standard InChI is InChI=1S/C15H9ClF3NO2S/c16-14-11(7-21)13(23-15(18)19)2-1-12(14)22-10-4-8(6-20)3-9(17)5-10/h1-5,15,21H,7H2. The zero-order valence-electron chi connectivity index (χ0n) is 11.4. The highest BCUT2D eigenvalue weighted by Crippen LogP contribution is 2.39. The minimum absolute atomic E-state index is 0.0293. The van der Waals surface area contributed by atoms with Crippen LogP contribution in [0.2, 0.25) is 5.02 Å². The molecule has 8 heteroatoms. The van der Waals surface area contributed by atoms with Gasteiger partial charge >= 0.3 is 0 Å². The van der Waals surface area contributed by atoms with Crippen LogP contribution in [0.15, 0.2) is 35.2 Å². The number of thioether (sulfide) groups is 1. The normalized spacial score (nSPS) is 10.7. The number of ether oxygens (including phenoxy) is 1. The summed E-state index contributed by atoms with van der Waals surface area (Å²) >= 11 is 6.31. The first-order valence-electron chi connectivity index (χ1n) is 6.20. The second-order valence-corrected chi connectivity index (χ2v) is 5.69. The van der Waals surface area contributed by atoms with Crippen molar-refractivity contribution < 1.29 is 23.0 Å². The molecule has 2 rings (SSSR count). The number of nitrogens with zero attached hydrogens (tertiary/aromatic N) is 1. The van der Waals surface area contributed by atoms with Crippen molar-refractivity contribution in [2.24, 2.45) is 0 Å². The van der Waals surface area contributed by atoms with Crippen molar-refractivity contribution in [1.82, 2.24) is 0 Å². The monoisotopic (exact) mass is 359 g/mol. The van der Waals surface area contributed by atoms with Gasteiger partial charge in [-0.1, -0.05) is 23.4 Å². The topological polar surface area (TPSA) is 53.2 Å². The molecule has 0 spiro atoms. The van der Waals surface area contributed by atoms with Gasteiger partial charge in [0.05, 0.1) is 23.3 Å². The van der Waals surface area contributed by atoms with Crippen molar-refractivity contribution in [3.05, 3.63) is 52.3 Å². The smallest absolute Gasteiger partial charge is 0.288 e. The van der Waals surface area contributed by atoms with Crippen LogP contribution in [-0.4, -0.2) is 10.9 Å². The molecule has 0 aliphatic heterocycles. The van der Waals surface area contributed by atoms with Gasteiger partial charge in [-0.2, -0.15) is 14.0 Å². The molecule has 0 atom stereocenters. The summed E-state index contributed by atoms with van der Waals surface area (Å²) in [5, 5.41) is 18.1. The summed E-state index contributed by atoms with van der Waals surface area (Å²) in [6.45, 7) is -0.558. The van der Waals surface area contributed by atoms with Crippen LogP contribution in [0.25, 0.3) is 0 Å². The molecule has 2 aromatic rings. The van der Waals surface area contributed by atoms with Gasteiger partial charge in [-0.25, -0.2) is 4.39 Å². The van der Waals surface area contributed by atoms with Crippen LogP contribution in [0.1, 0.15) is 11.1 Å². The lowest BCUT2D eigenvalue weighted by atomic mass is 10.2. The molecule has 0 amide bonds. The minimum atomic E-state index is -2.66. The van der Waals surface area contributed by atoms with Gasteiger partial charge < -0.3 is 9.84 Å². The van der Waals surface area contributed by atoms with Gasteiger partial charge in [-0.3, -0.25) is 0 Å². The maximum atomic E-state index is 13.4. The third-order valence-corrected chi connectivity index (χ3v) is 4.00. The van der Waals surface area contributed by atoms with E-state index in [0.717, 1.165) is 12.1 Å². The fourth-order valence-electron chi connectivity index (χ4n) is 1.83. The van der Waals surface area contributed by atoms with Crippen LogP contribution in [-0.2, 0) is 6.61 Å². The van der Waals surface area contributed by atoms with Crippen molar-refractivity contribution in [1.29, 1.82) is 5.26 Å². The SMILES string of the molecule is N#Cc1cc(F)cc(Oc2ccc(SC(F)F)c(CO)c2Cl)c1. The lowest BCUT2D eigenvalue weighted by molar-refractivity contribution is 0.251. The molecule has 0 saturated carbocycles. The summed E-state index contributed by atoms with van der Waals surface area (Å²) in [5.41, 5.74) is 0.148. The van der Waals surface area contributed by atoms with Crippen molar-refractivity contribution in [3.63, 3.8) is 0 Å². The largest absolute Gasteiger partial charge is 0.456 e. The van der Waals surface area contributed by atoms with Crippen LogP contribution in [0.5, 0.6) is 11.5 Å². The Balaban J connectivity index is 2.38. The summed E-state index contributed by atoms with van der Waals surface area (Å²) in [7, 11) is 0. The molecule has 120 valence electrons. The van der Waals surface area contributed by atoms with Crippen LogP contribution in [0, 0.1) is 17.1 Å². The van der Waals surface area contributed by atoms with Crippen LogP contribution < -0.4 is 4.74 Å². The van der Waals surface area contributed by atoms with Gasteiger partial charge in [-0.05, 0) is 24.3 Å². The van der Waals surface area contributed by atoms with E-state index in [0.29, 0.717) is 0 Å². The maximum Gasteiger partial charge on any atom is 0.288 e. The Bertz CT molecular complexity index is 765. The third kappa shape index (κ3) is 4.32. The van der Waals surface area contributed by atoms with Gasteiger partial charge in [-0.15, -0.1) is 0 Å². The Morgan fingerprint density at radius 1 is 1.30 bits per heavy atom. The highest BCUT2D eigenvalue weighted by Gasteiger charge is 2.17. The summed E-state index contributed by atoms with van der Waals surface area (Å²) in [6, 6.07) is 7.84. The molecule has 0 radical (unpaired) electrons. The summed E-state index contributed by atoms with van der Waals surface area (Å²) in [6.07, 6.45) is 0. The highest BCUT2D eigenvalue weighted by atomic mass is 35.5.